The van der Waals surface area contributed by atoms with Crippen molar-refractivity contribution in [1.82, 2.24) is 5.43 Å². The molecule has 0 aromatic heterocycles. The van der Waals surface area contributed by atoms with E-state index in [0.717, 1.165) is 11.1 Å². The molecule has 0 heterocycles. The van der Waals surface area contributed by atoms with Crippen LogP contribution in [0.2, 0.25) is 0 Å². The highest BCUT2D eigenvalue weighted by Gasteiger charge is 2.12. The van der Waals surface area contributed by atoms with E-state index in [1.165, 1.54) is 27.5 Å². The number of hydrazone groups is 1. The summed E-state index contributed by atoms with van der Waals surface area (Å²) in [6, 6.07) is 9.24. The van der Waals surface area contributed by atoms with Crippen LogP contribution in [0.25, 0.3) is 0 Å². The van der Waals surface area contributed by atoms with Gasteiger partial charge in [0.2, 0.25) is 5.75 Å². The molecule has 0 aliphatic carbocycles. The second-order valence-electron chi connectivity index (χ2n) is 5.86. The molecule has 0 unspecified atom stereocenters. The zero-order chi connectivity index (χ0) is 19.8. The first-order valence-electron chi connectivity index (χ1n) is 8.29. The molecule has 0 fully saturated rings. The molecule has 0 aliphatic heterocycles. The Morgan fingerprint density at radius 3 is 2.07 bits per heavy atom. The highest BCUT2D eigenvalue weighted by atomic mass is 16.5. The molecule has 0 radical (unpaired) electrons. The summed E-state index contributed by atoms with van der Waals surface area (Å²) in [5.41, 5.74) is 5.26. The first kappa shape index (κ1) is 20.1. The number of amides is 1. The van der Waals surface area contributed by atoms with E-state index in [1.54, 1.807) is 12.1 Å². The number of hydrogen-bond acceptors (Lipinski definition) is 6. The van der Waals surface area contributed by atoms with Crippen LogP contribution in [0, 0.1) is 13.8 Å². The van der Waals surface area contributed by atoms with Crippen LogP contribution < -0.4 is 24.4 Å². The van der Waals surface area contributed by atoms with Gasteiger partial charge in [-0.1, -0.05) is 6.07 Å². The largest absolute Gasteiger partial charge is 0.493 e. The first-order chi connectivity index (χ1) is 13.0. The molecule has 0 aliphatic rings. The zero-order valence-corrected chi connectivity index (χ0v) is 16.2. The minimum Gasteiger partial charge on any atom is -0.493 e. The van der Waals surface area contributed by atoms with Crippen LogP contribution in [-0.4, -0.2) is 40.1 Å². The van der Waals surface area contributed by atoms with Crippen LogP contribution in [0.15, 0.2) is 35.4 Å². The number of carbonyl (C=O) groups is 1. The Kier molecular flexibility index (Phi) is 7.05. The molecule has 2 aromatic rings. The normalized spacial score (nSPS) is 10.6. The third kappa shape index (κ3) is 5.64. The maximum Gasteiger partial charge on any atom is 0.277 e. The Morgan fingerprint density at radius 1 is 0.963 bits per heavy atom. The van der Waals surface area contributed by atoms with E-state index in [2.05, 4.69) is 10.5 Å². The van der Waals surface area contributed by atoms with Gasteiger partial charge < -0.3 is 18.9 Å². The second-order valence-corrected chi connectivity index (χ2v) is 5.86. The summed E-state index contributed by atoms with van der Waals surface area (Å²) in [6.45, 7) is 3.82. The van der Waals surface area contributed by atoms with Crippen LogP contribution in [0.5, 0.6) is 23.0 Å². The lowest BCUT2D eigenvalue weighted by Gasteiger charge is -2.12. The van der Waals surface area contributed by atoms with Crippen LogP contribution >= 0.6 is 0 Å². The fraction of sp³-hybridized carbons (Fsp3) is 0.300. The molecule has 0 atom stereocenters. The van der Waals surface area contributed by atoms with Gasteiger partial charge in [-0.05, 0) is 49.2 Å². The standard InChI is InChI=1S/C20H24N2O5/c1-13-6-14(2)8-16(7-13)27-12-19(23)22-21-11-15-9-17(24-3)20(26-5)18(10-15)25-4/h6-11H,12H2,1-5H3,(H,22,23)/b21-11+. The van der Waals surface area contributed by atoms with Gasteiger partial charge in [-0.15, -0.1) is 0 Å². The van der Waals surface area contributed by atoms with Crippen molar-refractivity contribution in [2.75, 3.05) is 27.9 Å². The van der Waals surface area contributed by atoms with Gasteiger partial charge in [-0.25, -0.2) is 5.43 Å². The minimum absolute atomic E-state index is 0.129. The van der Waals surface area contributed by atoms with Gasteiger partial charge in [0.15, 0.2) is 18.1 Å². The lowest BCUT2D eigenvalue weighted by Crippen LogP contribution is -2.24. The van der Waals surface area contributed by atoms with Crippen LogP contribution in [0.3, 0.4) is 0 Å². The number of nitrogens with zero attached hydrogens (tertiary/aromatic N) is 1. The quantitative estimate of drug-likeness (QED) is 0.569. The summed E-state index contributed by atoms with van der Waals surface area (Å²) in [7, 11) is 4.60. The van der Waals surface area contributed by atoms with E-state index in [1.807, 2.05) is 32.0 Å². The third-order valence-corrected chi connectivity index (χ3v) is 3.66. The van der Waals surface area contributed by atoms with E-state index in [9.17, 15) is 4.79 Å². The Labute approximate surface area is 158 Å². The van der Waals surface area contributed by atoms with E-state index < -0.39 is 0 Å². The smallest absolute Gasteiger partial charge is 0.277 e. The van der Waals surface area contributed by atoms with Crippen molar-refractivity contribution in [2.45, 2.75) is 13.8 Å². The van der Waals surface area contributed by atoms with E-state index in [4.69, 9.17) is 18.9 Å². The first-order valence-corrected chi connectivity index (χ1v) is 8.29. The number of ether oxygens (including phenoxy) is 4. The van der Waals surface area contributed by atoms with Crippen molar-refractivity contribution in [3.05, 3.63) is 47.0 Å². The van der Waals surface area contributed by atoms with Crippen molar-refractivity contribution >= 4 is 12.1 Å². The van der Waals surface area contributed by atoms with Gasteiger partial charge in [-0.3, -0.25) is 4.79 Å². The lowest BCUT2D eigenvalue weighted by atomic mass is 10.1. The zero-order valence-electron chi connectivity index (χ0n) is 16.2. The maximum atomic E-state index is 11.9. The number of nitrogens with one attached hydrogen (secondary N) is 1. The minimum atomic E-state index is -0.363. The topological polar surface area (TPSA) is 78.4 Å². The summed E-state index contributed by atoms with van der Waals surface area (Å²) in [5.74, 6) is 1.78. The molecule has 0 saturated heterocycles. The number of hydrogen-bond donors (Lipinski definition) is 1. The molecule has 2 aromatic carbocycles. The molecule has 1 amide bonds. The monoisotopic (exact) mass is 372 g/mol. The molecule has 0 bridgehead atoms. The van der Waals surface area contributed by atoms with E-state index >= 15 is 0 Å². The Bertz CT molecular complexity index is 788. The van der Waals surface area contributed by atoms with E-state index in [-0.39, 0.29) is 12.5 Å². The summed E-state index contributed by atoms with van der Waals surface area (Å²) in [6.07, 6.45) is 1.49. The maximum absolute atomic E-state index is 11.9. The van der Waals surface area contributed by atoms with Crippen LogP contribution in [0.4, 0.5) is 0 Å². The molecule has 27 heavy (non-hydrogen) atoms. The molecule has 0 saturated carbocycles. The molecule has 7 heteroatoms. The number of carbonyl (C=O) groups excluding carboxylic acids is 1. The highest BCUT2D eigenvalue weighted by molar-refractivity contribution is 5.84. The SMILES string of the molecule is COc1cc(/C=N/NC(=O)COc2cc(C)cc(C)c2)cc(OC)c1OC. The summed E-state index contributed by atoms with van der Waals surface area (Å²) in [5, 5.41) is 3.94. The molecule has 144 valence electrons. The molecule has 0 spiro atoms. The number of rotatable bonds is 8. The second kappa shape index (κ2) is 9.47. The fourth-order valence-electron chi connectivity index (χ4n) is 2.55. The average Bonchev–Trinajstić information content (AvgIpc) is 2.64. The van der Waals surface area contributed by atoms with Gasteiger partial charge in [-0.2, -0.15) is 5.10 Å². The summed E-state index contributed by atoms with van der Waals surface area (Å²) >= 11 is 0. The van der Waals surface area contributed by atoms with Crippen LogP contribution in [0.1, 0.15) is 16.7 Å². The predicted octanol–water partition coefficient (Wildman–Crippen LogP) is 2.86. The van der Waals surface area contributed by atoms with Gasteiger partial charge in [0.1, 0.15) is 5.75 Å². The summed E-state index contributed by atoms with van der Waals surface area (Å²) < 4.78 is 21.3. The Morgan fingerprint density at radius 2 is 1.56 bits per heavy atom. The van der Waals surface area contributed by atoms with Gasteiger partial charge in [0, 0.05) is 5.56 Å². The molecular weight excluding hydrogens is 348 g/mol. The number of aryl methyl sites for hydroxylation is 2. The van der Waals surface area contributed by atoms with E-state index in [0.29, 0.717) is 28.6 Å². The van der Waals surface area contributed by atoms with Crippen molar-refractivity contribution in [2.24, 2.45) is 5.10 Å². The fourth-order valence-corrected chi connectivity index (χ4v) is 2.55. The lowest BCUT2D eigenvalue weighted by molar-refractivity contribution is -0.123. The van der Waals surface area contributed by atoms with Gasteiger partial charge in [0.25, 0.3) is 5.91 Å². The molecule has 2 rings (SSSR count). The van der Waals surface area contributed by atoms with Gasteiger partial charge >= 0.3 is 0 Å². The van der Waals surface area contributed by atoms with Crippen molar-refractivity contribution in [3.8, 4) is 23.0 Å². The third-order valence-electron chi connectivity index (χ3n) is 3.66. The Balaban J connectivity index is 1.97. The highest BCUT2D eigenvalue weighted by Crippen LogP contribution is 2.37. The van der Waals surface area contributed by atoms with Crippen LogP contribution in [-0.2, 0) is 4.79 Å². The number of methoxy groups -OCH3 is 3. The number of benzene rings is 2. The molecule has 7 nitrogen and oxygen atoms in total. The van der Waals surface area contributed by atoms with Crippen molar-refractivity contribution in [3.63, 3.8) is 0 Å². The summed E-state index contributed by atoms with van der Waals surface area (Å²) in [4.78, 5) is 11.9. The molecular formula is C20H24N2O5. The van der Waals surface area contributed by atoms with Crippen molar-refractivity contribution < 1.29 is 23.7 Å². The van der Waals surface area contributed by atoms with Gasteiger partial charge in [0.05, 0.1) is 27.5 Å². The average molecular weight is 372 g/mol. The Hall–Kier alpha value is -3.22. The molecule has 1 N–H and O–H groups in total. The van der Waals surface area contributed by atoms with Crippen molar-refractivity contribution in [1.29, 1.82) is 0 Å². The predicted molar refractivity (Wildman–Crippen MR) is 103 cm³/mol.